The van der Waals surface area contributed by atoms with Crippen LogP contribution in [0.2, 0.25) is 0 Å². The van der Waals surface area contributed by atoms with Gasteiger partial charge in [0, 0.05) is 38.7 Å². The second kappa shape index (κ2) is 11.6. The summed E-state index contributed by atoms with van der Waals surface area (Å²) in [6.45, 7) is 6.20. The number of nitrogens with zero attached hydrogens (tertiary/aromatic N) is 1. The Morgan fingerprint density at radius 3 is 2.65 bits per heavy atom. The Hall–Kier alpha value is -1.94. The van der Waals surface area contributed by atoms with Crippen LogP contribution in [-0.4, -0.2) is 32.8 Å². The molecule has 4 nitrogen and oxygen atoms in total. The molecular formula is C19H29N3O. The van der Waals surface area contributed by atoms with Crippen LogP contribution in [0.4, 0.5) is 0 Å². The molecule has 1 aliphatic rings. The lowest BCUT2D eigenvalue weighted by atomic mass is 9.99. The van der Waals surface area contributed by atoms with Crippen LogP contribution in [0, 0.1) is 0 Å². The van der Waals surface area contributed by atoms with Gasteiger partial charge in [-0.1, -0.05) is 50.1 Å². The molecule has 1 heterocycles. The van der Waals surface area contributed by atoms with Gasteiger partial charge in [-0.25, -0.2) is 0 Å². The van der Waals surface area contributed by atoms with Crippen molar-refractivity contribution in [1.82, 2.24) is 10.6 Å². The summed E-state index contributed by atoms with van der Waals surface area (Å²) in [4.78, 5) is 12.4. The van der Waals surface area contributed by atoms with Crippen molar-refractivity contribution in [2.75, 3.05) is 20.1 Å². The maximum absolute atomic E-state index is 8.00. The summed E-state index contributed by atoms with van der Waals surface area (Å²) in [5.74, 6) is 1.12. The lowest BCUT2D eigenvalue weighted by molar-refractivity contribution is -0.0979. The second-order valence-electron chi connectivity index (χ2n) is 5.50. The van der Waals surface area contributed by atoms with E-state index < -0.39 is 0 Å². The Kier molecular flexibility index (Phi) is 9.64. The number of rotatable bonds is 6. The van der Waals surface area contributed by atoms with Gasteiger partial charge < -0.3 is 15.4 Å². The first-order valence-electron chi connectivity index (χ1n) is 8.35. The molecule has 0 aliphatic carbocycles. The van der Waals surface area contributed by atoms with Crippen molar-refractivity contribution in [2.45, 2.75) is 39.0 Å². The Bertz CT molecular complexity index is 509. The third-order valence-corrected chi connectivity index (χ3v) is 3.92. The van der Waals surface area contributed by atoms with Gasteiger partial charge in [0.15, 0.2) is 0 Å². The van der Waals surface area contributed by atoms with Crippen LogP contribution in [0.5, 0.6) is 0 Å². The Labute approximate surface area is 140 Å². The highest BCUT2D eigenvalue weighted by Crippen LogP contribution is 2.21. The number of benzene rings is 1. The van der Waals surface area contributed by atoms with Crippen molar-refractivity contribution >= 4 is 18.2 Å². The van der Waals surface area contributed by atoms with Gasteiger partial charge in [-0.05, 0) is 17.6 Å². The van der Waals surface area contributed by atoms with Crippen molar-refractivity contribution in [3.05, 3.63) is 41.6 Å². The fourth-order valence-electron chi connectivity index (χ4n) is 2.68. The highest BCUT2D eigenvalue weighted by Gasteiger charge is 2.15. The zero-order valence-corrected chi connectivity index (χ0v) is 14.4. The van der Waals surface area contributed by atoms with Crippen molar-refractivity contribution < 1.29 is 4.79 Å². The van der Waals surface area contributed by atoms with Gasteiger partial charge >= 0.3 is 0 Å². The van der Waals surface area contributed by atoms with Crippen LogP contribution in [0.25, 0.3) is 5.57 Å². The molecule has 1 aromatic rings. The molecule has 0 fully saturated rings. The maximum atomic E-state index is 8.00. The van der Waals surface area contributed by atoms with E-state index in [1.807, 2.05) is 13.8 Å². The summed E-state index contributed by atoms with van der Waals surface area (Å²) in [5.41, 5.74) is 4.01. The standard InChI is InChI=1S/C18H27N3.CH2O/c1-3-4-6-11-18(19-2)21-17-12-13-20-14-16(17)15-9-7-5-8-10-15;1-2/h5,7-10,20H,3-4,6,11-14H2,1-2H3,(H,19,21);1H2. The van der Waals surface area contributed by atoms with E-state index in [0.717, 1.165) is 31.8 Å². The molecule has 1 aromatic carbocycles. The van der Waals surface area contributed by atoms with Gasteiger partial charge in [0.2, 0.25) is 0 Å². The summed E-state index contributed by atoms with van der Waals surface area (Å²) in [6.07, 6.45) is 5.81. The lowest BCUT2D eigenvalue weighted by Gasteiger charge is -2.23. The summed E-state index contributed by atoms with van der Waals surface area (Å²) in [7, 11) is 1.89. The van der Waals surface area contributed by atoms with E-state index in [1.165, 1.54) is 36.1 Å². The number of aliphatic imine (C=N–C) groups is 1. The quantitative estimate of drug-likeness (QED) is 0.480. The topological polar surface area (TPSA) is 53.5 Å². The minimum Gasteiger partial charge on any atom is -0.347 e. The van der Waals surface area contributed by atoms with E-state index in [0.29, 0.717) is 0 Å². The molecule has 4 heteroatoms. The predicted molar refractivity (Wildman–Crippen MR) is 98.6 cm³/mol. The molecule has 0 aromatic heterocycles. The summed E-state index contributed by atoms with van der Waals surface area (Å²) in [6, 6.07) is 10.6. The van der Waals surface area contributed by atoms with Gasteiger partial charge in [-0.2, -0.15) is 0 Å². The molecule has 0 amide bonds. The minimum absolute atomic E-state index is 0.929. The first-order chi connectivity index (χ1) is 11.3. The molecule has 0 saturated carbocycles. The minimum atomic E-state index is 0.929. The van der Waals surface area contributed by atoms with E-state index in [2.05, 4.69) is 52.9 Å². The number of hydrogen-bond acceptors (Lipinski definition) is 3. The molecule has 2 N–H and O–H groups in total. The third kappa shape index (κ3) is 6.37. The van der Waals surface area contributed by atoms with Crippen LogP contribution in [0.15, 0.2) is 41.0 Å². The lowest BCUT2D eigenvalue weighted by Crippen LogP contribution is -2.32. The van der Waals surface area contributed by atoms with Crippen LogP contribution >= 0.6 is 0 Å². The van der Waals surface area contributed by atoms with Gasteiger partial charge in [0.25, 0.3) is 0 Å². The number of amidine groups is 1. The number of carbonyl (C=O) groups excluding carboxylic acids is 1. The van der Waals surface area contributed by atoms with E-state index >= 15 is 0 Å². The smallest absolute Gasteiger partial charge is 0.106 e. The number of nitrogens with one attached hydrogen (secondary N) is 2. The van der Waals surface area contributed by atoms with E-state index in [-0.39, 0.29) is 0 Å². The van der Waals surface area contributed by atoms with E-state index in [4.69, 9.17) is 4.79 Å². The van der Waals surface area contributed by atoms with Crippen molar-refractivity contribution in [2.24, 2.45) is 4.99 Å². The monoisotopic (exact) mass is 315 g/mol. The van der Waals surface area contributed by atoms with Crippen molar-refractivity contribution in [3.8, 4) is 0 Å². The van der Waals surface area contributed by atoms with Crippen LogP contribution in [0.3, 0.4) is 0 Å². The second-order valence-corrected chi connectivity index (χ2v) is 5.50. The summed E-state index contributed by atoms with van der Waals surface area (Å²) >= 11 is 0. The van der Waals surface area contributed by atoms with Crippen LogP contribution in [0.1, 0.15) is 44.6 Å². The van der Waals surface area contributed by atoms with Crippen LogP contribution < -0.4 is 10.6 Å². The molecule has 0 saturated heterocycles. The van der Waals surface area contributed by atoms with Gasteiger partial charge in [-0.3, -0.25) is 4.99 Å². The maximum Gasteiger partial charge on any atom is 0.106 e. The average molecular weight is 315 g/mol. The fraction of sp³-hybridized carbons (Fsp3) is 0.474. The van der Waals surface area contributed by atoms with Crippen molar-refractivity contribution in [3.63, 3.8) is 0 Å². The summed E-state index contributed by atoms with van der Waals surface area (Å²) < 4.78 is 0. The zero-order valence-electron chi connectivity index (χ0n) is 14.4. The van der Waals surface area contributed by atoms with Crippen molar-refractivity contribution in [1.29, 1.82) is 0 Å². The predicted octanol–water partition coefficient (Wildman–Crippen LogP) is 3.40. The molecule has 2 rings (SSSR count). The van der Waals surface area contributed by atoms with E-state index in [9.17, 15) is 0 Å². The molecule has 0 bridgehead atoms. The highest BCUT2D eigenvalue weighted by molar-refractivity contribution is 5.86. The molecular weight excluding hydrogens is 286 g/mol. The van der Waals surface area contributed by atoms with Crippen LogP contribution in [-0.2, 0) is 4.79 Å². The van der Waals surface area contributed by atoms with E-state index in [1.54, 1.807) is 0 Å². The number of carbonyl (C=O) groups is 1. The zero-order chi connectivity index (χ0) is 16.9. The number of hydrogen-bond donors (Lipinski definition) is 2. The van der Waals surface area contributed by atoms with Gasteiger partial charge in [0.05, 0.1) is 0 Å². The molecule has 1 aliphatic heterocycles. The highest BCUT2D eigenvalue weighted by atomic mass is 16.1. The molecule has 0 atom stereocenters. The molecule has 126 valence electrons. The normalized spacial score (nSPS) is 15.0. The molecule has 23 heavy (non-hydrogen) atoms. The molecule has 0 spiro atoms. The van der Waals surface area contributed by atoms with Gasteiger partial charge in [-0.15, -0.1) is 0 Å². The first kappa shape index (κ1) is 19.1. The molecule has 0 unspecified atom stereocenters. The molecule has 0 radical (unpaired) electrons. The first-order valence-corrected chi connectivity index (χ1v) is 8.35. The third-order valence-electron chi connectivity index (χ3n) is 3.92. The largest absolute Gasteiger partial charge is 0.347 e. The number of unbranched alkanes of at least 4 members (excludes halogenated alkanes) is 2. The Morgan fingerprint density at radius 2 is 2.00 bits per heavy atom. The Morgan fingerprint density at radius 1 is 1.26 bits per heavy atom. The summed E-state index contributed by atoms with van der Waals surface area (Å²) in [5, 5.41) is 7.07. The average Bonchev–Trinajstić information content (AvgIpc) is 2.64. The Balaban J connectivity index is 0.00000127. The van der Waals surface area contributed by atoms with Gasteiger partial charge in [0.1, 0.15) is 12.6 Å². The fourth-order valence-corrected chi connectivity index (χ4v) is 2.68. The SMILES string of the molecule is C=O.CCCCCC(=NC)NC1=C(c2ccccc2)CNCC1.